The van der Waals surface area contributed by atoms with Crippen molar-refractivity contribution in [3.63, 3.8) is 0 Å². The van der Waals surface area contributed by atoms with E-state index in [0.29, 0.717) is 13.2 Å². The van der Waals surface area contributed by atoms with Crippen LogP contribution in [0.25, 0.3) is 11.0 Å². The normalized spacial score (nSPS) is 11.1. The molecule has 136 valence electrons. The van der Waals surface area contributed by atoms with Gasteiger partial charge in [-0.25, -0.2) is 4.98 Å². The molecule has 1 heterocycles. The predicted molar refractivity (Wildman–Crippen MR) is 112 cm³/mol. The summed E-state index contributed by atoms with van der Waals surface area (Å²) in [4.78, 5) is 4.84. The monoisotopic (exact) mass is 374 g/mol. The summed E-state index contributed by atoms with van der Waals surface area (Å²) in [5.74, 6) is 0.912. The third-order valence-corrected chi connectivity index (χ3v) is 5.45. The smallest absolute Gasteiger partial charge is 0.169 e. The molecule has 0 N–H and O–H groups in total. The molecular formula is C23H22N2OS. The van der Waals surface area contributed by atoms with Crippen molar-refractivity contribution < 1.29 is 4.74 Å². The van der Waals surface area contributed by atoms with Crippen LogP contribution in [0.15, 0.2) is 90.1 Å². The van der Waals surface area contributed by atoms with Gasteiger partial charge in [0, 0.05) is 12.3 Å². The van der Waals surface area contributed by atoms with Gasteiger partial charge in [-0.1, -0.05) is 84.6 Å². The number of ether oxygens (including phenoxy) is 1. The second-order valence-corrected chi connectivity index (χ2v) is 7.29. The van der Waals surface area contributed by atoms with Crippen LogP contribution in [0.4, 0.5) is 0 Å². The topological polar surface area (TPSA) is 27.1 Å². The minimum atomic E-state index is 0.639. The Bertz CT molecular complexity index is 983. The minimum Gasteiger partial charge on any atom is -0.375 e. The quantitative estimate of drug-likeness (QED) is 0.299. The minimum absolute atomic E-state index is 0.639. The zero-order chi connectivity index (χ0) is 18.3. The zero-order valence-electron chi connectivity index (χ0n) is 15.1. The van der Waals surface area contributed by atoms with Crippen molar-refractivity contribution in [2.24, 2.45) is 0 Å². The first-order valence-corrected chi connectivity index (χ1v) is 10.1. The Morgan fingerprint density at radius 1 is 0.778 bits per heavy atom. The Kier molecular flexibility index (Phi) is 5.87. The number of hydrogen-bond donors (Lipinski definition) is 0. The Hall–Kier alpha value is -2.56. The Balaban J connectivity index is 1.44. The van der Waals surface area contributed by atoms with E-state index in [-0.39, 0.29) is 0 Å². The number of aromatic nitrogens is 2. The lowest BCUT2D eigenvalue weighted by molar-refractivity contribution is 0.112. The third kappa shape index (κ3) is 4.59. The summed E-state index contributed by atoms with van der Waals surface area (Å²) < 4.78 is 8.17. The molecule has 0 fully saturated rings. The van der Waals surface area contributed by atoms with Crippen LogP contribution in [0.5, 0.6) is 0 Å². The molecule has 0 aliphatic carbocycles. The highest BCUT2D eigenvalue weighted by Gasteiger charge is 2.11. The maximum atomic E-state index is 5.90. The standard InChI is InChI=1S/C23H22N2OS/c1-3-9-19(10-4-1)17-26-16-15-25-22-14-8-7-13-21(22)24-23(25)27-18-20-11-5-2-6-12-20/h1-14H,15-18H2. The Labute approximate surface area is 164 Å². The molecule has 3 aromatic carbocycles. The van der Waals surface area contributed by atoms with Crippen LogP contribution in [0.3, 0.4) is 0 Å². The van der Waals surface area contributed by atoms with Crippen molar-refractivity contribution in [1.29, 1.82) is 0 Å². The van der Waals surface area contributed by atoms with Crippen LogP contribution in [-0.4, -0.2) is 16.2 Å². The summed E-state index contributed by atoms with van der Waals surface area (Å²) in [5, 5.41) is 1.04. The molecule has 3 nitrogen and oxygen atoms in total. The maximum Gasteiger partial charge on any atom is 0.169 e. The van der Waals surface area contributed by atoms with Crippen molar-refractivity contribution in [2.75, 3.05) is 6.61 Å². The van der Waals surface area contributed by atoms with Crippen LogP contribution in [0, 0.1) is 0 Å². The fourth-order valence-electron chi connectivity index (χ4n) is 3.02. The summed E-state index contributed by atoms with van der Waals surface area (Å²) in [5.41, 5.74) is 4.71. The number of thioether (sulfide) groups is 1. The highest BCUT2D eigenvalue weighted by molar-refractivity contribution is 7.98. The molecule has 0 saturated carbocycles. The molecule has 27 heavy (non-hydrogen) atoms. The van der Waals surface area contributed by atoms with Gasteiger partial charge in [0.05, 0.1) is 24.2 Å². The summed E-state index contributed by atoms with van der Waals surface area (Å²) in [6.45, 7) is 2.10. The van der Waals surface area contributed by atoms with Crippen LogP contribution in [-0.2, 0) is 23.6 Å². The van der Waals surface area contributed by atoms with E-state index in [1.54, 1.807) is 11.8 Å². The molecule has 0 spiro atoms. The van der Waals surface area contributed by atoms with Gasteiger partial charge < -0.3 is 9.30 Å². The number of nitrogens with zero attached hydrogens (tertiary/aromatic N) is 2. The van der Waals surface area contributed by atoms with E-state index in [9.17, 15) is 0 Å². The van der Waals surface area contributed by atoms with Crippen LogP contribution in [0.2, 0.25) is 0 Å². The average molecular weight is 375 g/mol. The highest BCUT2D eigenvalue weighted by atomic mass is 32.2. The van der Waals surface area contributed by atoms with Crippen molar-refractivity contribution in [1.82, 2.24) is 9.55 Å². The van der Waals surface area contributed by atoms with E-state index in [1.165, 1.54) is 11.1 Å². The number of hydrogen-bond acceptors (Lipinski definition) is 3. The van der Waals surface area contributed by atoms with Gasteiger partial charge in [-0.2, -0.15) is 0 Å². The molecule has 0 radical (unpaired) electrons. The Morgan fingerprint density at radius 2 is 1.44 bits per heavy atom. The lowest BCUT2D eigenvalue weighted by Crippen LogP contribution is -2.07. The van der Waals surface area contributed by atoms with Gasteiger partial charge in [0.1, 0.15) is 0 Å². The van der Waals surface area contributed by atoms with E-state index in [4.69, 9.17) is 9.72 Å². The van der Waals surface area contributed by atoms with Crippen LogP contribution in [0.1, 0.15) is 11.1 Å². The molecule has 0 unspecified atom stereocenters. The van der Waals surface area contributed by atoms with E-state index in [1.807, 2.05) is 30.3 Å². The molecule has 0 aliphatic heterocycles. The summed E-state index contributed by atoms with van der Waals surface area (Å²) in [7, 11) is 0. The fraction of sp³-hybridized carbons (Fsp3) is 0.174. The summed E-state index contributed by atoms with van der Waals surface area (Å²) >= 11 is 1.78. The first-order valence-electron chi connectivity index (χ1n) is 9.14. The highest BCUT2D eigenvalue weighted by Crippen LogP contribution is 2.26. The van der Waals surface area contributed by atoms with E-state index in [2.05, 4.69) is 59.2 Å². The average Bonchev–Trinajstić information content (AvgIpc) is 3.09. The van der Waals surface area contributed by atoms with Crippen molar-refractivity contribution in [3.05, 3.63) is 96.1 Å². The second kappa shape index (κ2) is 8.89. The van der Waals surface area contributed by atoms with Gasteiger partial charge in [-0.05, 0) is 23.3 Å². The zero-order valence-corrected chi connectivity index (χ0v) is 15.9. The van der Waals surface area contributed by atoms with E-state index in [0.717, 1.165) is 28.5 Å². The van der Waals surface area contributed by atoms with E-state index >= 15 is 0 Å². The predicted octanol–water partition coefficient (Wildman–Crippen LogP) is 5.55. The van der Waals surface area contributed by atoms with Gasteiger partial charge in [0.15, 0.2) is 5.16 Å². The van der Waals surface area contributed by atoms with Gasteiger partial charge in [-0.15, -0.1) is 0 Å². The first-order chi connectivity index (χ1) is 13.4. The molecule has 4 aromatic rings. The van der Waals surface area contributed by atoms with E-state index < -0.39 is 0 Å². The third-order valence-electron chi connectivity index (χ3n) is 4.40. The van der Waals surface area contributed by atoms with Gasteiger partial charge >= 0.3 is 0 Å². The molecule has 4 rings (SSSR count). The first kappa shape index (κ1) is 17.8. The number of fused-ring (bicyclic) bond motifs is 1. The van der Waals surface area contributed by atoms with Crippen molar-refractivity contribution in [2.45, 2.75) is 24.1 Å². The Morgan fingerprint density at radius 3 is 2.22 bits per heavy atom. The molecule has 0 aliphatic rings. The summed E-state index contributed by atoms with van der Waals surface area (Å²) in [6.07, 6.45) is 0. The molecule has 0 amide bonds. The molecule has 0 atom stereocenters. The van der Waals surface area contributed by atoms with Gasteiger partial charge in [-0.3, -0.25) is 0 Å². The molecule has 0 bridgehead atoms. The van der Waals surface area contributed by atoms with Crippen molar-refractivity contribution >= 4 is 22.8 Å². The number of para-hydroxylation sites is 2. The molecule has 1 aromatic heterocycles. The lowest BCUT2D eigenvalue weighted by atomic mass is 10.2. The van der Waals surface area contributed by atoms with Gasteiger partial charge in [0.2, 0.25) is 0 Å². The van der Waals surface area contributed by atoms with Crippen LogP contribution >= 0.6 is 11.8 Å². The summed E-state index contributed by atoms with van der Waals surface area (Å²) in [6, 6.07) is 29.1. The maximum absolute atomic E-state index is 5.90. The van der Waals surface area contributed by atoms with Gasteiger partial charge in [0.25, 0.3) is 0 Å². The van der Waals surface area contributed by atoms with Crippen molar-refractivity contribution in [3.8, 4) is 0 Å². The second-order valence-electron chi connectivity index (χ2n) is 6.35. The lowest BCUT2D eigenvalue weighted by Gasteiger charge is -2.10. The molecule has 4 heteroatoms. The number of imidazole rings is 1. The SMILES string of the molecule is c1ccc(COCCn2c(SCc3ccccc3)nc3ccccc32)cc1. The molecular weight excluding hydrogens is 352 g/mol. The number of rotatable bonds is 8. The van der Waals surface area contributed by atoms with Crippen LogP contribution < -0.4 is 0 Å². The largest absolute Gasteiger partial charge is 0.375 e. The number of benzene rings is 3. The molecule has 0 saturated heterocycles. The fourth-order valence-corrected chi connectivity index (χ4v) is 4.02.